The van der Waals surface area contributed by atoms with Crippen LogP contribution in [0.4, 0.5) is 4.39 Å². The van der Waals surface area contributed by atoms with Gasteiger partial charge in [0.25, 0.3) is 0 Å². The molecule has 0 saturated heterocycles. The van der Waals surface area contributed by atoms with E-state index >= 15 is 4.39 Å². The minimum atomic E-state index is -0.497. The topological polar surface area (TPSA) is 25.6 Å². The van der Waals surface area contributed by atoms with Gasteiger partial charge in [0.1, 0.15) is 18.1 Å². The summed E-state index contributed by atoms with van der Waals surface area (Å²) in [5.41, 5.74) is 7.63. The van der Waals surface area contributed by atoms with E-state index < -0.39 is 11.0 Å². The zero-order chi connectivity index (χ0) is 30.1. The number of pyridine rings is 2. The van der Waals surface area contributed by atoms with Gasteiger partial charge in [-0.3, -0.25) is 4.68 Å². The van der Waals surface area contributed by atoms with Gasteiger partial charge in [-0.25, -0.2) is 4.39 Å². The second-order valence-electron chi connectivity index (χ2n) is 14.7. The third-order valence-corrected chi connectivity index (χ3v) is 11.2. The molecule has 2 aliphatic heterocycles. The minimum absolute atomic E-state index is 0.0718. The molecule has 3 aliphatic rings. The standard InChI is InChI=1S/C38H41FN4/c1-8-37(9-2)22-38(23-43-29(21-30(40-43)35(3,4)5)28-15-10-11-19-41(28)38)26-16-17-27(39)33-32(26)34-31-24(18-20-42(34)37)13-12-14-25(31)36(33,6)7/h10-21H,8-9,22-23H2,1-7H3/q+2. The van der Waals surface area contributed by atoms with Crippen molar-refractivity contribution in [3.8, 4) is 22.6 Å². The Balaban J connectivity index is 1.57. The predicted octanol–water partition coefficient (Wildman–Crippen LogP) is 7.70. The monoisotopic (exact) mass is 572 g/mol. The molecule has 5 heteroatoms. The van der Waals surface area contributed by atoms with Crippen LogP contribution in [0, 0.1) is 5.82 Å². The zero-order valence-corrected chi connectivity index (χ0v) is 26.4. The van der Waals surface area contributed by atoms with E-state index in [9.17, 15) is 0 Å². The lowest BCUT2D eigenvalue weighted by Gasteiger charge is -2.38. The Bertz CT molecular complexity index is 1990. The van der Waals surface area contributed by atoms with E-state index in [1.807, 2.05) is 0 Å². The number of hydrogen-bond acceptors (Lipinski definition) is 1. The molecule has 1 atom stereocenters. The molecular weight excluding hydrogens is 531 g/mol. The molecule has 8 rings (SSSR count). The summed E-state index contributed by atoms with van der Waals surface area (Å²) in [6.45, 7) is 16.4. The number of fused-ring (bicyclic) bond motifs is 5. The van der Waals surface area contributed by atoms with Crippen molar-refractivity contribution in [2.75, 3.05) is 0 Å². The number of benzene rings is 2. The molecule has 0 fully saturated rings. The Morgan fingerprint density at radius 3 is 2.44 bits per heavy atom. The number of nitrogens with zero attached hydrogens (tertiary/aromatic N) is 4. The van der Waals surface area contributed by atoms with E-state index in [2.05, 4.69) is 129 Å². The molecule has 0 N–H and O–H groups in total. The van der Waals surface area contributed by atoms with Gasteiger partial charge < -0.3 is 0 Å². The van der Waals surface area contributed by atoms with Crippen molar-refractivity contribution in [3.63, 3.8) is 0 Å². The van der Waals surface area contributed by atoms with Crippen LogP contribution in [0.5, 0.6) is 0 Å². The summed E-state index contributed by atoms with van der Waals surface area (Å²) < 4.78 is 23.8. The van der Waals surface area contributed by atoms with Crippen LogP contribution in [0.1, 0.15) is 90.1 Å². The Hall–Kier alpha value is -3.86. The molecule has 2 aromatic carbocycles. The van der Waals surface area contributed by atoms with Crippen molar-refractivity contribution in [3.05, 3.63) is 101 Å². The van der Waals surface area contributed by atoms with Crippen LogP contribution in [0.15, 0.2) is 73.1 Å². The van der Waals surface area contributed by atoms with Crippen molar-refractivity contribution in [2.45, 2.75) is 96.2 Å². The first-order chi connectivity index (χ1) is 20.5. The van der Waals surface area contributed by atoms with Gasteiger partial charge >= 0.3 is 0 Å². The van der Waals surface area contributed by atoms with Crippen LogP contribution >= 0.6 is 0 Å². The highest BCUT2D eigenvalue weighted by molar-refractivity contribution is 6.01. The fourth-order valence-electron chi connectivity index (χ4n) is 8.82. The lowest BCUT2D eigenvalue weighted by molar-refractivity contribution is -0.790. The van der Waals surface area contributed by atoms with Crippen molar-refractivity contribution >= 4 is 10.8 Å². The first-order valence-electron chi connectivity index (χ1n) is 15.9. The van der Waals surface area contributed by atoms with Gasteiger partial charge in [-0.05, 0) is 35.2 Å². The molecule has 3 aromatic heterocycles. The number of aromatic nitrogens is 4. The van der Waals surface area contributed by atoms with E-state index in [0.29, 0.717) is 6.54 Å². The summed E-state index contributed by atoms with van der Waals surface area (Å²) in [6.07, 6.45) is 7.36. The molecule has 4 nitrogen and oxygen atoms in total. The second kappa shape index (κ2) is 8.40. The number of hydrogen-bond donors (Lipinski definition) is 0. The molecular formula is C38H41FN4+2. The summed E-state index contributed by atoms with van der Waals surface area (Å²) in [6, 6.07) is 21.5. The van der Waals surface area contributed by atoms with Crippen LogP contribution in [0.2, 0.25) is 0 Å². The predicted molar refractivity (Wildman–Crippen MR) is 168 cm³/mol. The lowest BCUT2D eigenvalue weighted by Crippen LogP contribution is -2.67. The molecule has 5 aromatic rings. The number of halogens is 1. The van der Waals surface area contributed by atoms with Crippen molar-refractivity contribution < 1.29 is 13.5 Å². The zero-order valence-electron chi connectivity index (χ0n) is 26.4. The highest BCUT2D eigenvalue weighted by atomic mass is 19.1. The van der Waals surface area contributed by atoms with E-state index in [-0.39, 0.29) is 16.8 Å². The minimum Gasteiger partial charge on any atom is -0.251 e. The van der Waals surface area contributed by atoms with Crippen molar-refractivity contribution in [1.82, 2.24) is 9.78 Å². The van der Waals surface area contributed by atoms with Gasteiger partial charge in [-0.1, -0.05) is 66.7 Å². The highest BCUT2D eigenvalue weighted by Crippen LogP contribution is 2.55. The maximum absolute atomic E-state index is 16.5. The molecule has 1 unspecified atom stereocenters. The Kier molecular flexibility index (Phi) is 5.22. The molecule has 0 bridgehead atoms. The van der Waals surface area contributed by atoms with Crippen LogP contribution in [0.3, 0.4) is 0 Å². The highest BCUT2D eigenvalue weighted by Gasteiger charge is 2.62. The average molecular weight is 573 g/mol. The lowest BCUT2D eigenvalue weighted by atomic mass is 9.66. The Morgan fingerprint density at radius 2 is 1.70 bits per heavy atom. The fourth-order valence-corrected chi connectivity index (χ4v) is 8.82. The molecule has 5 heterocycles. The SMILES string of the molecule is CCC1(CC)CC2(Cn3nc(C(C)(C)C)cc3-c3cccc[n+]32)c2ccc(F)c3c2-c2c4c(cccc4cc[n+]21)C3(C)C. The molecule has 0 radical (unpaired) electrons. The van der Waals surface area contributed by atoms with E-state index in [1.165, 1.54) is 27.6 Å². The molecule has 1 aliphatic carbocycles. The summed E-state index contributed by atoms with van der Waals surface area (Å²) in [4.78, 5) is 0. The third kappa shape index (κ3) is 3.23. The van der Waals surface area contributed by atoms with E-state index in [0.717, 1.165) is 47.5 Å². The van der Waals surface area contributed by atoms with Crippen LogP contribution in [-0.2, 0) is 28.5 Å². The summed E-state index contributed by atoms with van der Waals surface area (Å²) >= 11 is 0. The summed E-state index contributed by atoms with van der Waals surface area (Å²) in [5.74, 6) is -0.124. The quantitative estimate of drug-likeness (QED) is 0.199. The first-order valence-corrected chi connectivity index (χ1v) is 15.9. The molecule has 0 amide bonds. The fraction of sp³-hybridized carbons (Fsp3) is 0.395. The maximum Gasteiger partial charge on any atom is 0.231 e. The summed E-state index contributed by atoms with van der Waals surface area (Å²) in [5, 5.41) is 7.76. The Labute approximate surface area is 253 Å². The molecule has 0 saturated carbocycles. The van der Waals surface area contributed by atoms with Gasteiger partial charge in [-0.2, -0.15) is 14.2 Å². The van der Waals surface area contributed by atoms with Crippen LogP contribution in [-0.4, -0.2) is 9.78 Å². The Morgan fingerprint density at radius 1 is 0.907 bits per heavy atom. The summed E-state index contributed by atoms with van der Waals surface area (Å²) in [7, 11) is 0. The third-order valence-electron chi connectivity index (χ3n) is 11.2. The van der Waals surface area contributed by atoms with Crippen molar-refractivity contribution in [2.24, 2.45) is 0 Å². The van der Waals surface area contributed by atoms with Gasteiger partial charge in [-0.15, -0.1) is 0 Å². The molecule has 218 valence electrons. The van der Waals surface area contributed by atoms with Gasteiger partial charge in [0.2, 0.25) is 16.9 Å². The van der Waals surface area contributed by atoms with Crippen LogP contribution in [0.25, 0.3) is 33.4 Å². The van der Waals surface area contributed by atoms with Gasteiger partial charge in [0.05, 0.1) is 23.1 Å². The molecule has 43 heavy (non-hydrogen) atoms. The largest absolute Gasteiger partial charge is 0.251 e. The van der Waals surface area contributed by atoms with E-state index in [4.69, 9.17) is 5.10 Å². The second-order valence-corrected chi connectivity index (χ2v) is 14.7. The van der Waals surface area contributed by atoms with Crippen LogP contribution < -0.4 is 9.13 Å². The molecule has 1 spiro atoms. The normalized spacial score (nSPS) is 20.6. The van der Waals surface area contributed by atoms with Crippen molar-refractivity contribution in [1.29, 1.82) is 0 Å². The van der Waals surface area contributed by atoms with Gasteiger partial charge in [0, 0.05) is 53.0 Å². The maximum atomic E-state index is 16.5. The van der Waals surface area contributed by atoms with E-state index in [1.54, 1.807) is 6.07 Å². The van der Waals surface area contributed by atoms with Gasteiger partial charge in [0.15, 0.2) is 17.9 Å². The average Bonchev–Trinajstić information content (AvgIpc) is 3.39. The number of rotatable bonds is 2. The smallest absolute Gasteiger partial charge is 0.231 e. The first kappa shape index (κ1) is 26.7.